The van der Waals surface area contributed by atoms with E-state index in [1.165, 1.54) is 6.07 Å². The van der Waals surface area contributed by atoms with Crippen molar-refractivity contribution in [1.29, 1.82) is 0 Å². The fourth-order valence-electron chi connectivity index (χ4n) is 2.12. The van der Waals surface area contributed by atoms with Gasteiger partial charge in [0.15, 0.2) is 0 Å². The van der Waals surface area contributed by atoms with E-state index in [0.29, 0.717) is 0 Å². The van der Waals surface area contributed by atoms with Gasteiger partial charge in [-0.3, -0.25) is 4.79 Å². The number of hydrogen-bond donors (Lipinski definition) is 2. The van der Waals surface area contributed by atoms with Gasteiger partial charge in [0.25, 0.3) is 5.91 Å². The van der Waals surface area contributed by atoms with Crippen molar-refractivity contribution >= 4 is 11.4 Å². The molecule has 0 unspecified atom stereocenters. The van der Waals surface area contributed by atoms with Crippen LogP contribution in [0.4, 0.5) is 4.39 Å². The van der Waals surface area contributed by atoms with E-state index in [0.717, 1.165) is 23.2 Å². The highest BCUT2D eigenvalue weighted by atomic mass is 19.1. The van der Waals surface area contributed by atoms with E-state index in [2.05, 4.69) is 10.4 Å². The van der Waals surface area contributed by atoms with Crippen LogP contribution in [0, 0.1) is 5.82 Å². The molecule has 1 amide bonds. The first-order chi connectivity index (χ1) is 10.1. The van der Waals surface area contributed by atoms with Gasteiger partial charge in [-0.15, -0.1) is 0 Å². The number of phenolic OH excluding ortho intramolecular Hbond substituents is 1. The number of nitrogens with zero attached hydrogens (tertiary/aromatic N) is 2. The highest BCUT2D eigenvalue weighted by molar-refractivity contribution is 5.94. The van der Waals surface area contributed by atoms with E-state index >= 15 is 0 Å². The van der Waals surface area contributed by atoms with E-state index in [9.17, 15) is 14.3 Å². The molecule has 0 bridgehead atoms. The summed E-state index contributed by atoms with van der Waals surface area (Å²) in [6, 6.07) is 8.86. The zero-order chi connectivity index (χ0) is 14.8. The molecule has 2 N–H and O–H groups in total. The molecule has 0 aliphatic heterocycles. The van der Waals surface area contributed by atoms with Gasteiger partial charge in [0.05, 0.1) is 11.1 Å². The smallest absolute Gasteiger partial charge is 0.254 e. The highest BCUT2D eigenvalue weighted by Crippen LogP contribution is 2.16. The maximum Gasteiger partial charge on any atom is 0.254 e. The normalized spacial score (nSPS) is 10.7. The number of halogens is 1. The van der Waals surface area contributed by atoms with Crippen molar-refractivity contribution in [2.24, 2.45) is 0 Å². The SMILES string of the molecule is O=C(NCc1cccn2nccc12)c1cc(O)ccc1F. The molecule has 0 aliphatic carbocycles. The summed E-state index contributed by atoms with van der Waals surface area (Å²) in [7, 11) is 0. The van der Waals surface area contributed by atoms with Crippen LogP contribution in [0.5, 0.6) is 5.75 Å². The maximum atomic E-state index is 13.6. The molecule has 2 heterocycles. The molecule has 3 rings (SSSR count). The zero-order valence-corrected chi connectivity index (χ0v) is 11.0. The van der Waals surface area contributed by atoms with Crippen LogP contribution in [0.2, 0.25) is 0 Å². The molecule has 5 nitrogen and oxygen atoms in total. The van der Waals surface area contributed by atoms with E-state index < -0.39 is 11.7 Å². The van der Waals surface area contributed by atoms with Crippen molar-refractivity contribution in [2.45, 2.75) is 6.54 Å². The number of carbonyl (C=O) groups excluding carboxylic acids is 1. The molecule has 0 radical (unpaired) electrons. The van der Waals surface area contributed by atoms with Crippen molar-refractivity contribution in [3.63, 3.8) is 0 Å². The van der Waals surface area contributed by atoms with Crippen LogP contribution in [0.15, 0.2) is 48.8 Å². The number of carbonyl (C=O) groups is 1. The second kappa shape index (κ2) is 5.24. The third kappa shape index (κ3) is 2.55. The maximum absolute atomic E-state index is 13.6. The molecule has 0 spiro atoms. The summed E-state index contributed by atoms with van der Waals surface area (Å²) in [5.74, 6) is -1.41. The zero-order valence-electron chi connectivity index (χ0n) is 11.0. The number of amides is 1. The number of phenols is 1. The first-order valence-electron chi connectivity index (χ1n) is 6.33. The Morgan fingerprint density at radius 2 is 2.19 bits per heavy atom. The molecule has 0 saturated heterocycles. The van der Waals surface area contributed by atoms with Gasteiger partial charge in [-0.05, 0) is 35.9 Å². The number of nitrogens with one attached hydrogen (secondary N) is 1. The van der Waals surface area contributed by atoms with Crippen LogP contribution in [-0.4, -0.2) is 20.6 Å². The van der Waals surface area contributed by atoms with Crippen molar-refractivity contribution in [1.82, 2.24) is 14.9 Å². The van der Waals surface area contributed by atoms with Crippen LogP contribution in [0.3, 0.4) is 0 Å². The van der Waals surface area contributed by atoms with Crippen molar-refractivity contribution in [3.8, 4) is 5.75 Å². The monoisotopic (exact) mass is 285 g/mol. The Morgan fingerprint density at radius 1 is 1.33 bits per heavy atom. The Morgan fingerprint density at radius 3 is 3.05 bits per heavy atom. The molecule has 1 aromatic carbocycles. The number of pyridine rings is 1. The second-order valence-corrected chi connectivity index (χ2v) is 4.54. The van der Waals surface area contributed by atoms with E-state index in [1.807, 2.05) is 18.2 Å². The lowest BCUT2D eigenvalue weighted by Gasteiger charge is -2.08. The average molecular weight is 285 g/mol. The Labute approximate surface area is 119 Å². The standard InChI is InChI=1S/C15H12FN3O2/c16-13-4-3-11(20)8-12(13)15(21)17-9-10-2-1-7-19-14(10)5-6-18-19/h1-8,20H,9H2,(H,17,21). The van der Waals surface area contributed by atoms with Crippen LogP contribution >= 0.6 is 0 Å². The minimum Gasteiger partial charge on any atom is -0.508 e. The van der Waals surface area contributed by atoms with Gasteiger partial charge in [0.2, 0.25) is 0 Å². The third-order valence-electron chi connectivity index (χ3n) is 3.16. The minimum atomic E-state index is -0.673. The molecule has 106 valence electrons. The summed E-state index contributed by atoms with van der Waals surface area (Å²) in [5.41, 5.74) is 1.55. The molecule has 3 aromatic rings. The largest absolute Gasteiger partial charge is 0.508 e. The number of rotatable bonds is 3. The number of benzene rings is 1. The van der Waals surface area contributed by atoms with Gasteiger partial charge in [-0.1, -0.05) is 6.07 Å². The number of hydrogen-bond acceptors (Lipinski definition) is 3. The van der Waals surface area contributed by atoms with Crippen molar-refractivity contribution in [2.75, 3.05) is 0 Å². The van der Waals surface area contributed by atoms with Gasteiger partial charge in [-0.2, -0.15) is 5.10 Å². The van der Waals surface area contributed by atoms with Crippen molar-refractivity contribution < 1.29 is 14.3 Å². The van der Waals surface area contributed by atoms with Gasteiger partial charge in [-0.25, -0.2) is 8.91 Å². The molecule has 21 heavy (non-hydrogen) atoms. The highest BCUT2D eigenvalue weighted by Gasteiger charge is 2.12. The predicted molar refractivity (Wildman–Crippen MR) is 74.4 cm³/mol. The molecule has 0 fully saturated rings. The lowest BCUT2D eigenvalue weighted by atomic mass is 10.1. The van der Waals surface area contributed by atoms with E-state index in [4.69, 9.17) is 0 Å². The molecule has 0 aliphatic rings. The molecule has 0 saturated carbocycles. The first-order valence-corrected chi connectivity index (χ1v) is 6.33. The van der Waals surface area contributed by atoms with Crippen LogP contribution < -0.4 is 5.32 Å². The molecule has 2 aromatic heterocycles. The summed E-state index contributed by atoms with van der Waals surface area (Å²) < 4.78 is 15.3. The summed E-state index contributed by atoms with van der Waals surface area (Å²) in [6.07, 6.45) is 3.46. The average Bonchev–Trinajstić information content (AvgIpc) is 2.96. The lowest BCUT2D eigenvalue weighted by molar-refractivity contribution is 0.0946. The second-order valence-electron chi connectivity index (χ2n) is 4.54. The van der Waals surface area contributed by atoms with E-state index in [1.54, 1.807) is 16.9 Å². The number of aromatic hydroxyl groups is 1. The van der Waals surface area contributed by atoms with Gasteiger partial charge >= 0.3 is 0 Å². The lowest BCUT2D eigenvalue weighted by Crippen LogP contribution is -2.24. The van der Waals surface area contributed by atoms with Gasteiger partial charge < -0.3 is 10.4 Å². The summed E-state index contributed by atoms with van der Waals surface area (Å²) >= 11 is 0. The molecular weight excluding hydrogens is 273 g/mol. The summed E-state index contributed by atoms with van der Waals surface area (Å²) in [5, 5.41) is 16.1. The number of aromatic nitrogens is 2. The Balaban J connectivity index is 1.80. The Bertz CT molecular complexity index is 814. The Hall–Kier alpha value is -2.89. The quantitative estimate of drug-likeness (QED) is 0.774. The predicted octanol–water partition coefficient (Wildman–Crippen LogP) is 2.11. The van der Waals surface area contributed by atoms with Crippen LogP contribution in [0.25, 0.3) is 5.52 Å². The van der Waals surface area contributed by atoms with Crippen molar-refractivity contribution in [3.05, 3.63) is 65.7 Å². The topological polar surface area (TPSA) is 66.6 Å². The molecule has 0 atom stereocenters. The van der Waals surface area contributed by atoms with Gasteiger partial charge in [0.1, 0.15) is 11.6 Å². The summed E-state index contributed by atoms with van der Waals surface area (Å²) in [6.45, 7) is 0.240. The first kappa shape index (κ1) is 13.1. The molecule has 6 heteroatoms. The molecular formula is C15H12FN3O2. The third-order valence-corrected chi connectivity index (χ3v) is 3.16. The minimum absolute atomic E-state index is 0.153. The van der Waals surface area contributed by atoms with E-state index in [-0.39, 0.29) is 17.9 Å². The fourth-order valence-corrected chi connectivity index (χ4v) is 2.12. The van der Waals surface area contributed by atoms with Crippen LogP contribution in [-0.2, 0) is 6.54 Å². The van der Waals surface area contributed by atoms with Gasteiger partial charge in [0, 0.05) is 18.9 Å². The number of fused-ring (bicyclic) bond motifs is 1. The fraction of sp³-hybridized carbons (Fsp3) is 0.0667. The Kier molecular flexibility index (Phi) is 3.27. The summed E-state index contributed by atoms with van der Waals surface area (Å²) in [4.78, 5) is 12.0. The van der Waals surface area contributed by atoms with Crippen LogP contribution in [0.1, 0.15) is 15.9 Å².